The number of carbonyl (C=O) groups excluding carboxylic acids is 1. The normalized spacial score (nSPS) is 40.7. The van der Waals surface area contributed by atoms with Crippen LogP contribution in [0.15, 0.2) is 10.5 Å². The number of nitrogens with zero attached hydrogens (tertiary/aromatic N) is 1. The second-order valence-corrected chi connectivity index (χ2v) is 9.28. The van der Waals surface area contributed by atoms with Gasteiger partial charge < -0.3 is 14.7 Å². The van der Waals surface area contributed by atoms with E-state index in [1.165, 1.54) is 5.56 Å². The molecule has 6 heteroatoms. The third kappa shape index (κ3) is 1.58. The first-order valence-corrected chi connectivity index (χ1v) is 9.75. The third-order valence-corrected chi connectivity index (χ3v) is 7.92. The van der Waals surface area contributed by atoms with Gasteiger partial charge in [0.2, 0.25) is 0 Å². The molecule has 1 aromatic carbocycles. The number of hydrogen-bond donors (Lipinski definition) is 1. The van der Waals surface area contributed by atoms with E-state index < -0.39 is 6.10 Å². The molecule has 1 spiro atoms. The highest BCUT2D eigenvalue weighted by atomic mass is 79.9. The highest BCUT2D eigenvalue weighted by Crippen LogP contribution is 2.64. The maximum atomic E-state index is 12.9. The van der Waals surface area contributed by atoms with Crippen molar-refractivity contribution in [1.29, 1.82) is 0 Å². The molecule has 2 aliphatic carbocycles. The molecule has 2 fully saturated rings. The zero-order valence-electron chi connectivity index (χ0n) is 12.7. The first-order chi connectivity index (χ1) is 10.9. The van der Waals surface area contributed by atoms with Crippen LogP contribution in [0.25, 0.3) is 0 Å². The third-order valence-electron chi connectivity index (χ3n) is 6.49. The SMILES string of the molecule is CN1CC[C@]23c4c5cc(Br)c(O)c4O[C@H]2C(=O)C(Br)C[C@H]3[C@H]1C5. The van der Waals surface area contributed by atoms with E-state index >= 15 is 0 Å². The lowest BCUT2D eigenvalue weighted by molar-refractivity contribution is -0.137. The number of likely N-dealkylation sites (N-methyl/N-ethyl adjacent to an activating group) is 1. The van der Waals surface area contributed by atoms with Gasteiger partial charge in [-0.25, -0.2) is 0 Å². The van der Waals surface area contributed by atoms with Crippen LogP contribution in [0.1, 0.15) is 24.0 Å². The van der Waals surface area contributed by atoms with E-state index in [2.05, 4.69) is 43.8 Å². The summed E-state index contributed by atoms with van der Waals surface area (Å²) in [6.45, 7) is 0.969. The van der Waals surface area contributed by atoms with E-state index in [1.807, 2.05) is 6.07 Å². The predicted molar refractivity (Wildman–Crippen MR) is 92.5 cm³/mol. The molecule has 0 aromatic heterocycles. The largest absolute Gasteiger partial charge is 0.503 e. The van der Waals surface area contributed by atoms with E-state index in [9.17, 15) is 9.90 Å². The van der Waals surface area contributed by atoms with Crippen LogP contribution in [0.3, 0.4) is 0 Å². The summed E-state index contributed by atoms with van der Waals surface area (Å²) in [6.07, 6.45) is 2.26. The monoisotopic (exact) mass is 441 g/mol. The minimum Gasteiger partial charge on any atom is -0.503 e. The van der Waals surface area contributed by atoms with Crippen LogP contribution in [0.5, 0.6) is 11.5 Å². The Bertz CT molecular complexity index is 752. The second-order valence-electron chi connectivity index (χ2n) is 7.32. The van der Waals surface area contributed by atoms with Gasteiger partial charge >= 0.3 is 0 Å². The van der Waals surface area contributed by atoms with Crippen LogP contribution in [-0.2, 0) is 16.6 Å². The van der Waals surface area contributed by atoms with Crippen LogP contribution in [0, 0.1) is 5.92 Å². The van der Waals surface area contributed by atoms with Gasteiger partial charge in [0, 0.05) is 17.0 Å². The maximum absolute atomic E-state index is 12.9. The van der Waals surface area contributed by atoms with E-state index in [4.69, 9.17) is 4.74 Å². The average Bonchev–Trinajstić information content (AvgIpc) is 2.86. The number of carbonyl (C=O) groups is 1. The highest BCUT2D eigenvalue weighted by Gasteiger charge is 2.67. The minimum absolute atomic E-state index is 0.129. The summed E-state index contributed by atoms with van der Waals surface area (Å²) < 4.78 is 6.79. The Balaban J connectivity index is 1.83. The molecule has 23 heavy (non-hydrogen) atoms. The second kappa shape index (κ2) is 4.52. The quantitative estimate of drug-likeness (QED) is 0.627. The van der Waals surface area contributed by atoms with Crippen molar-refractivity contribution in [2.45, 2.75) is 41.7 Å². The van der Waals surface area contributed by atoms with Crippen molar-refractivity contribution < 1.29 is 14.6 Å². The standard InChI is InChI=1S/C17H17Br2NO3/c1-20-3-2-17-8-6-10(19)14(22)16(17)23-15-12(17)7(5-11(8)20)4-9(18)13(15)21/h4,8,10-11,16,21H,2-3,5-6H2,1H3/t8-,10?,11+,16-,17-/m0/s1. The molecule has 4 nitrogen and oxygen atoms in total. The van der Waals surface area contributed by atoms with Crippen molar-refractivity contribution in [2.24, 2.45) is 5.92 Å². The lowest BCUT2D eigenvalue weighted by atomic mass is 9.51. The molecule has 1 aromatic rings. The summed E-state index contributed by atoms with van der Waals surface area (Å²) >= 11 is 7.01. The predicted octanol–water partition coefficient (Wildman–Crippen LogP) is 2.77. The smallest absolute Gasteiger partial charge is 0.187 e. The molecule has 1 N–H and O–H groups in total. The molecule has 5 rings (SSSR count). The van der Waals surface area contributed by atoms with Gasteiger partial charge in [0.05, 0.1) is 9.30 Å². The zero-order chi connectivity index (χ0) is 16.1. The Morgan fingerprint density at radius 1 is 1.48 bits per heavy atom. The van der Waals surface area contributed by atoms with Crippen molar-refractivity contribution in [3.8, 4) is 11.5 Å². The van der Waals surface area contributed by atoms with Gasteiger partial charge in [0.25, 0.3) is 0 Å². The van der Waals surface area contributed by atoms with Crippen LogP contribution in [0.4, 0.5) is 0 Å². The molecule has 1 saturated carbocycles. The lowest BCUT2D eigenvalue weighted by Crippen LogP contribution is -2.67. The van der Waals surface area contributed by atoms with Gasteiger partial charge in [-0.15, -0.1) is 0 Å². The summed E-state index contributed by atoms with van der Waals surface area (Å²) in [5.41, 5.74) is 2.09. The zero-order valence-corrected chi connectivity index (χ0v) is 15.9. The number of phenolic OH excluding ortho intramolecular Hbond substituents is 1. The molecule has 122 valence electrons. The van der Waals surface area contributed by atoms with Gasteiger partial charge in [0.1, 0.15) is 0 Å². The molecule has 2 heterocycles. The summed E-state index contributed by atoms with van der Waals surface area (Å²) in [7, 11) is 2.18. The summed E-state index contributed by atoms with van der Waals surface area (Å²) in [4.78, 5) is 15.1. The molecule has 2 bridgehead atoms. The topological polar surface area (TPSA) is 49.8 Å². The van der Waals surface area contributed by atoms with Crippen molar-refractivity contribution in [3.05, 3.63) is 21.7 Å². The number of phenols is 1. The van der Waals surface area contributed by atoms with E-state index in [0.29, 0.717) is 22.2 Å². The summed E-state index contributed by atoms with van der Waals surface area (Å²) in [6, 6.07) is 2.45. The number of hydrogen-bond acceptors (Lipinski definition) is 4. The number of ketones is 1. The summed E-state index contributed by atoms with van der Waals surface area (Å²) in [5.74, 6) is 1.21. The van der Waals surface area contributed by atoms with Crippen molar-refractivity contribution >= 4 is 37.6 Å². The molecular weight excluding hydrogens is 426 g/mol. The number of aromatic hydroxyl groups is 1. The molecular formula is C17H17Br2NO3. The maximum Gasteiger partial charge on any atom is 0.187 e. The minimum atomic E-state index is -0.462. The fourth-order valence-corrected chi connectivity index (χ4v) is 6.61. The number of halogens is 2. The number of Topliss-reactive ketones (excluding diaryl/α,β-unsaturated/α-hetero) is 1. The van der Waals surface area contributed by atoms with Crippen LogP contribution in [-0.4, -0.2) is 46.4 Å². The Morgan fingerprint density at radius 3 is 3.04 bits per heavy atom. The first kappa shape index (κ1) is 14.7. The number of piperidine rings is 1. The Morgan fingerprint density at radius 2 is 2.26 bits per heavy atom. The molecule has 1 saturated heterocycles. The molecule has 5 atom stereocenters. The number of ether oxygens (including phenoxy) is 1. The van der Waals surface area contributed by atoms with Crippen molar-refractivity contribution in [3.63, 3.8) is 0 Å². The van der Waals surface area contributed by atoms with Crippen LogP contribution in [0.2, 0.25) is 0 Å². The molecule has 1 unspecified atom stereocenters. The molecule has 0 amide bonds. The lowest BCUT2D eigenvalue weighted by Gasteiger charge is -2.57. The van der Waals surface area contributed by atoms with Gasteiger partial charge in [-0.3, -0.25) is 4.79 Å². The fourth-order valence-electron chi connectivity index (χ4n) is 5.51. The van der Waals surface area contributed by atoms with Gasteiger partial charge in [0.15, 0.2) is 23.4 Å². The van der Waals surface area contributed by atoms with Crippen molar-refractivity contribution in [1.82, 2.24) is 4.90 Å². The van der Waals surface area contributed by atoms with E-state index in [1.54, 1.807) is 0 Å². The number of likely N-dealkylation sites (tertiary alicyclic amines) is 1. The molecule has 0 radical (unpaired) electrons. The van der Waals surface area contributed by atoms with Crippen LogP contribution >= 0.6 is 31.9 Å². The first-order valence-electron chi connectivity index (χ1n) is 8.04. The molecule has 2 aliphatic heterocycles. The average molecular weight is 443 g/mol. The Labute approximate surface area is 151 Å². The van der Waals surface area contributed by atoms with Gasteiger partial charge in [-0.05, 0) is 66.3 Å². The van der Waals surface area contributed by atoms with Crippen molar-refractivity contribution in [2.75, 3.05) is 13.6 Å². The number of rotatable bonds is 0. The Hall–Kier alpha value is -0.590. The van der Waals surface area contributed by atoms with Crippen LogP contribution < -0.4 is 4.74 Å². The molecule has 4 aliphatic rings. The Kier molecular flexibility index (Phi) is 2.90. The highest BCUT2D eigenvalue weighted by molar-refractivity contribution is 9.10. The number of alkyl halides is 1. The fraction of sp³-hybridized carbons (Fsp3) is 0.588. The van der Waals surface area contributed by atoms with Gasteiger partial charge in [-0.2, -0.15) is 0 Å². The number of benzene rings is 1. The van der Waals surface area contributed by atoms with Gasteiger partial charge in [-0.1, -0.05) is 15.9 Å². The van der Waals surface area contributed by atoms with E-state index in [0.717, 1.165) is 31.4 Å². The van der Waals surface area contributed by atoms with E-state index in [-0.39, 0.29) is 21.8 Å². The summed E-state index contributed by atoms with van der Waals surface area (Å²) in [5, 5.41) is 10.5.